The first-order chi connectivity index (χ1) is 9.27. The van der Waals surface area contributed by atoms with Gasteiger partial charge >= 0.3 is 5.97 Å². The first-order valence-corrected chi connectivity index (χ1v) is 5.83. The molecule has 0 atom stereocenters. The quantitative estimate of drug-likeness (QED) is 0.666. The number of benzene rings is 2. The molecule has 0 aliphatic heterocycles. The summed E-state index contributed by atoms with van der Waals surface area (Å²) in [6.45, 7) is 0. The molecule has 0 saturated heterocycles. The average Bonchev–Trinajstić information content (AvgIpc) is 2.45. The van der Waals surface area contributed by atoms with Crippen LogP contribution in [0.15, 0.2) is 78.2 Å². The van der Waals surface area contributed by atoms with Gasteiger partial charge in [-0.25, -0.2) is 4.79 Å². The maximum absolute atomic E-state index is 10.5. The number of hydrogen-bond donors (Lipinski definition) is 1. The highest BCUT2D eigenvalue weighted by molar-refractivity contribution is 5.81. The van der Waals surface area contributed by atoms with E-state index in [1.807, 2.05) is 60.7 Å². The van der Waals surface area contributed by atoms with Crippen molar-refractivity contribution in [3.05, 3.63) is 89.3 Å². The summed E-state index contributed by atoms with van der Waals surface area (Å²) in [6, 6.07) is 19.4. The lowest BCUT2D eigenvalue weighted by Gasteiger charge is -2.04. The lowest BCUT2D eigenvalue weighted by Crippen LogP contribution is -1.86. The van der Waals surface area contributed by atoms with Gasteiger partial charge in [0.1, 0.15) is 0 Å². The highest BCUT2D eigenvalue weighted by atomic mass is 16.4. The molecule has 0 aliphatic rings. The van der Waals surface area contributed by atoms with Gasteiger partial charge in [0.15, 0.2) is 0 Å². The molecule has 0 aromatic heterocycles. The zero-order valence-corrected chi connectivity index (χ0v) is 10.2. The third kappa shape index (κ3) is 3.58. The summed E-state index contributed by atoms with van der Waals surface area (Å²) in [4.78, 5) is 10.5. The Kier molecular flexibility index (Phi) is 4.15. The molecule has 0 amide bonds. The van der Waals surface area contributed by atoms with Gasteiger partial charge < -0.3 is 5.11 Å². The molecule has 2 rings (SSSR count). The van der Waals surface area contributed by atoms with Crippen LogP contribution in [0.1, 0.15) is 11.1 Å². The third-order valence-corrected chi connectivity index (χ3v) is 2.52. The van der Waals surface area contributed by atoms with Gasteiger partial charge in [-0.05, 0) is 11.1 Å². The van der Waals surface area contributed by atoms with E-state index in [1.165, 1.54) is 0 Å². The topological polar surface area (TPSA) is 37.3 Å². The summed E-state index contributed by atoms with van der Waals surface area (Å²) in [7, 11) is 0. The predicted molar refractivity (Wildman–Crippen MR) is 74.6 cm³/mol. The smallest absolute Gasteiger partial charge is 0.336 e. The van der Waals surface area contributed by atoms with Crippen LogP contribution in [0.25, 0.3) is 5.57 Å². The van der Waals surface area contributed by atoms with E-state index in [1.54, 1.807) is 0 Å². The minimum atomic E-state index is -1.03. The van der Waals surface area contributed by atoms with E-state index in [2.05, 4.69) is 11.5 Å². The summed E-state index contributed by atoms with van der Waals surface area (Å²) in [5.74, 6) is -1.03. The SMILES string of the molecule is O=C(O)C=C=C=C(c1ccccc1)c1ccccc1. The Labute approximate surface area is 111 Å². The minimum absolute atomic E-state index is 0.818. The molecule has 1 N–H and O–H groups in total. The van der Waals surface area contributed by atoms with E-state index >= 15 is 0 Å². The number of aliphatic carboxylic acids is 1. The largest absolute Gasteiger partial charge is 0.478 e. The first kappa shape index (κ1) is 12.7. The highest BCUT2D eigenvalue weighted by Crippen LogP contribution is 2.21. The average molecular weight is 248 g/mol. The Morgan fingerprint density at radius 1 is 0.895 bits per heavy atom. The molecule has 0 heterocycles. The van der Waals surface area contributed by atoms with Crippen molar-refractivity contribution < 1.29 is 9.90 Å². The van der Waals surface area contributed by atoms with Crippen molar-refractivity contribution in [2.45, 2.75) is 0 Å². The van der Waals surface area contributed by atoms with Gasteiger partial charge in [-0.2, -0.15) is 0 Å². The van der Waals surface area contributed by atoms with E-state index in [9.17, 15) is 4.79 Å². The fraction of sp³-hybridized carbons (Fsp3) is 0. The molecular weight excluding hydrogens is 236 g/mol. The van der Waals surface area contributed by atoms with Crippen molar-refractivity contribution in [3.8, 4) is 0 Å². The van der Waals surface area contributed by atoms with Crippen molar-refractivity contribution in [1.82, 2.24) is 0 Å². The fourth-order valence-corrected chi connectivity index (χ4v) is 1.69. The molecule has 0 unspecified atom stereocenters. The zero-order chi connectivity index (χ0) is 13.5. The molecule has 0 aliphatic carbocycles. The van der Waals surface area contributed by atoms with Crippen LogP contribution in [-0.2, 0) is 4.79 Å². The highest BCUT2D eigenvalue weighted by Gasteiger charge is 2.02. The van der Waals surface area contributed by atoms with Gasteiger partial charge in [0.25, 0.3) is 0 Å². The van der Waals surface area contributed by atoms with E-state index in [0.29, 0.717) is 0 Å². The standard InChI is InChI=1S/C17H12O2/c18-17(19)13-7-12-16(14-8-3-1-4-9-14)15-10-5-2-6-11-15/h1-6,8-11,13H,(H,18,19). The number of carbonyl (C=O) groups is 1. The number of carboxylic acid groups (broad SMARTS) is 1. The molecule has 2 heteroatoms. The van der Waals surface area contributed by atoms with Crippen LogP contribution in [-0.4, -0.2) is 11.1 Å². The van der Waals surface area contributed by atoms with Gasteiger partial charge in [0.2, 0.25) is 0 Å². The third-order valence-electron chi connectivity index (χ3n) is 2.52. The summed E-state index contributed by atoms with van der Waals surface area (Å²) in [6.07, 6.45) is 0.950. The van der Waals surface area contributed by atoms with Crippen molar-refractivity contribution in [2.75, 3.05) is 0 Å². The minimum Gasteiger partial charge on any atom is -0.478 e. The molecule has 19 heavy (non-hydrogen) atoms. The monoisotopic (exact) mass is 248 g/mol. The van der Waals surface area contributed by atoms with Gasteiger partial charge in [0, 0.05) is 5.57 Å². The Bertz CT molecular complexity index is 615. The van der Waals surface area contributed by atoms with Crippen LogP contribution in [0.2, 0.25) is 0 Å². The molecule has 0 fully saturated rings. The van der Waals surface area contributed by atoms with Crippen molar-refractivity contribution in [3.63, 3.8) is 0 Å². The summed E-state index contributed by atoms with van der Waals surface area (Å²) >= 11 is 0. The molecular formula is C17H12O2. The first-order valence-electron chi connectivity index (χ1n) is 5.83. The lowest BCUT2D eigenvalue weighted by atomic mass is 9.99. The van der Waals surface area contributed by atoms with E-state index in [4.69, 9.17) is 5.11 Å². The Morgan fingerprint density at radius 3 is 1.79 bits per heavy atom. The number of carboxylic acids is 1. The van der Waals surface area contributed by atoms with Crippen molar-refractivity contribution in [2.24, 2.45) is 0 Å². The van der Waals surface area contributed by atoms with Gasteiger partial charge in [-0.3, -0.25) is 0 Å². The molecule has 0 spiro atoms. The van der Waals surface area contributed by atoms with Crippen LogP contribution in [0.4, 0.5) is 0 Å². The van der Waals surface area contributed by atoms with Crippen LogP contribution in [0.3, 0.4) is 0 Å². The molecule has 92 valence electrons. The molecule has 2 aromatic rings. The molecule has 0 radical (unpaired) electrons. The lowest BCUT2D eigenvalue weighted by molar-refractivity contribution is -0.131. The second-order valence-corrected chi connectivity index (χ2v) is 3.86. The number of hydrogen-bond acceptors (Lipinski definition) is 1. The molecule has 2 nitrogen and oxygen atoms in total. The normalized spacial score (nSPS) is 9.05. The van der Waals surface area contributed by atoms with Crippen LogP contribution in [0, 0.1) is 0 Å². The van der Waals surface area contributed by atoms with Gasteiger partial charge in [-0.1, -0.05) is 72.1 Å². The Morgan fingerprint density at radius 2 is 1.37 bits per heavy atom. The van der Waals surface area contributed by atoms with Crippen LogP contribution >= 0.6 is 0 Å². The van der Waals surface area contributed by atoms with Crippen LogP contribution < -0.4 is 0 Å². The maximum atomic E-state index is 10.5. The van der Waals surface area contributed by atoms with E-state index < -0.39 is 5.97 Å². The number of rotatable bonds is 3. The molecule has 0 bridgehead atoms. The van der Waals surface area contributed by atoms with E-state index in [0.717, 1.165) is 22.8 Å². The second-order valence-electron chi connectivity index (χ2n) is 3.86. The fourth-order valence-electron chi connectivity index (χ4n) is 1.69. The Balaban J connectivity index is 2.59. The van der Waals surface area contributed by atoms with Crippen molar-refractivity contribution >= 4 is 11.5 Å². The molecule has 2 aromatic carbocycles. The Hall–Kier alpha value is -2.79. The van der Waals surface area contributed by atoms with E-state index in [-0.39, 0.29) is 0 Å². The zero-order valence-electron chi connectivity index (χ0n) is 10.2. The summed E-state index contributed by atoms with van der Waals surface area (Å²) in [5, 5.41) is 8.60. The predicted octanol–water partition coefficient (Wildman–Crippen LogP) is 3.51. The second kappa shape index (κ2) is 6.23. The summed E-state index contributed by atoms with van der Waals surface area (Å²) in [5.41, 5.74) is 8.25. The van der Waals surface area contributed by atoms with Gasteiger partial charge in [-0.15, -0.1) is 0 Å². The maximum Gasteiger partial charge on any atom is 0.336 e. The van der Waals surface area contributed by atoms with Gasteiger partial charge in [0.05, 0.1) is 6.08 Å². The van der Waals surface area contributed by atoms with Crippen molar-refractivity contribution in [1.29, 1.82) is 0 Å². The molecule has 0 saturated carbocycles. The summed E-state index contributed by atoms with van der Waals surface area (Å²) < 4.78 is 0. The van der Waals surface area contributed by atoms with Crippen LogP contribution in [0.5, 0.6) is 0 Å².